The Morgan fingerprint density at radius 3 is 2.93 bits per heavy atom. The summed E-state index contributed by atoms with van der Waals surface area (Å²) in [4.78, 5) is 29.2. The maximum absolute atomic E-state index is 13.0. The topological polar surface area (TPSA) is 86.3 Å². The Balaban J connectivity index is 1.78. The van der Waals surface area contributed by atoms with Crippen molar-refractivity contribution in [3.05, 3.63) is 34.9 Å². The van der Waals surface area contributed by atoms with Crippen LogP contribution in [0.1, 0.15) is 23.1 Å². The van der Waals surface area contributed by atoms with Crippen molar-refractivity contribution in [1.29, 1.82) is 0 Å². The van der Waals surface area contributed by atoms with Crippen LogP contribution in [0.5, 0.6) is 0 Å². The van der Waals surface area contributed by atoms with E-state index in [9.17, 15) is 9.59 Å². The molecule has 2 atom stereocenters. The minimum atomic E-state index is -0.492. The number of hydrogen-bond acceptors (Lipinski definition) is 7. The van der Waals surface area contributed by atoms with Crippen LogP contribution in [0.15, 0.2) is 23.2 Å². The monoisotopic (exact) mass is 403 g/mol. The summed E-state index contributed by atoms with van der Waals surface area (Å²) >= 11 is 5.26. The number of nitrogens with one attached hydrogen (secondary N) is 2. The first-order valence-electron chi connectivity index (χ1n) is 9.14. The highest BCUT2D eigenvalue weighted by molar-refractivity contribution is 7.80. The lowest BCUT2D eigenvalue weighted by Gasteiger charge is -2.30. The summed E-state index contributed by atoms with van der Waals surface area (Å²) in [5.41, 5.74) is 3.39. The number of aliphatic imine (C=N–C) groups is 1. The number of ether oxygens (including phenoxy) is 1. The van der Waals surface area contributed by atoms with Gasteiger partial charge in [0.25, 0.3) is 5.91 Å². The van der Waals surface area contributed by atoms with Crippen molar-refractivity contribution in [2.75, 3.05) is 27.7 Å². The molecule has 2 aliphatic heterocycles. The van der Waals surface area contributed by atoms with E-state index in [1.807, 2.05) is 30.4 Å². The highest BCUT2D eigenvalue weighted by Crippen LogP contribution is 2.24. The Hall–Kier alpha value is -2.36. The molecule has 8 nitrogen and oxygen atoms in total. The van der Waals surface area contributed by atoms with Crippen molar-refractivity contribution < 1.29 is 14.3 Å². The number of methoxy groups -OCH3 is 1. The fourth-order valence-electron chi connectivity index (χ4n) is 3.57. The largest absolute Gasteiger partial charge is 0.469 e. The summed E-state index contributed by atoms with van der Waals surface area (Å²) in [6, 6.07) is 5.65. The lowest BCUT2D eigenvalue weighted by Crippen LogP contribution is -2.53. The fourth-order valence-corrected chi connectivity index (χ4v) is 3.81. The molecule has 150 valence electrons. The molecule has 2 unspecified atom stereocenters. The molecule has 0 spiro atoms. The molecule has 1 fully saturated rings. The maximum atomic E-state index is 13.0. The number of hydrazine groups is 1. The molecule has 0 saturated carbocycles. The standard InChI is InChI=1S/C19H25N5O3S/c1-20-17-18(22-15(28)9-16(25)27-3)23(2)24(19(17)26)11-13-6-4-5-12-7-8-21-10-14(12)13/h4-6,10,17-18,20H,7-9,11H2,1-3H3,(H,22,28). The van der Waals surface area contributed by atoms with Crippen molar-refractivity contribution in [2.45, 2.75) is 31.6 Å². The SMILES string of the molecule is CNC1C(=O)N(Cc2cccc3c2C=NCC3)N(C)C1NC(=S)CC(=O)OC. The third-order valence-electron chi connectivity index (χ3n) is 5.11. The van der Waals surface area contributed by atoms with Gasteiger partial charge >= 0.3 is 5.97 Å². The molecule has 1 aromatic carbocycles. The van der Waals surface area contributed by atoms with Gasteiger partial charge in [-0.3, -0.25) is 19.6 Å². The molecule has 0 radical (unpaired) electrons. The summed E-state index contributed by atoms with van der Waals surface area (Å²) in [5, 5.41) is 9.67. The molecule has 0 aromatic heterocycles. The van der Waals surface area contributed by atoms with Crippen LogP contribution in [0.2, 0.25) is 0 Å². The lowest BCUT2D eigenvalue weighted by atomic mass is 9.97. The molecule has 9 heteroatoms. The molecule has 1 aromatic rings. The highest BCUT2D eigenvalue weighted by atomic mass is 32.1. The van der Waals surface area contributed by atoms with Crippen LogP contribution in [-0.4, -0.2) is 73.1 Å². The second-order valence-electron chi connectivity index (χ2n) is 6.78. The zero-order valence-corrected chi connectivity index (χ0v) is 17.1. The van der Waals surface area contributed by atoms with Gasteiger partial charge in [-0.1, -0.05) is 30.4 Å². The molecule has 2 heterocycles. The van der Waals surface area contributed by atoms with E-state index >= 15 is 0 Å². The van der Waals surface area contributed by atoms with Crippen LogP contribution in [0.4, 0.5) is 0 Å². The minimum absolute atomic E-state index is 0.0243. The molecular formula is C19H25N5O3S. The van der Waals surface area contributed by atoms with E-state index < -0.39 is 18.2 Å². The Morgan fingerprint density at radius 1 is 1.43 bits per heavy atom. The van der Waals surface area contributed by atoms with Crippen LogP contribution in [-0.2, 0) is 27.3 Å². The predicted octanol–water partition coefficient (Wildman–Crippen LogP) is 0.245. The predicted molar refractivity (Wildman–Crippen MR) is 110 cm³/mol. The van der Waals surface area contributed by atoms with Crippen LogP contribution in [0.3, 0.4) is 0 Å². The third kappa shape index (κ3) is 4.06. The molecule has 1 saturated heterocycles. The molecule has 0 bridgehead atoms. The van der Waals surface area contributed by atoms with Crippen molar-refractivity contribution in [3.8, 4) is 0 Å². The number of carbonyl (C=O) groups excluding carboxylic acids is 2. The third-order valence-corrected chi connectivity index (χ3v) is 5.37. The quantitative estimate of drug-likeness (QED) is 0.520. The number of rotatable bonds is 6. The Kier molecular flexibility index (Phi) is 6.38. The fraction of sp³-hybridized carbons (Fsp3) is 0.474. The number of nitrogens with zero attached hydrogens (tertiary/aromatic N) is 3. The van der Waals surface area contributed by atoms with E-state index in [-0.39, 0.29) is 12.3 Å². The van der Waals surface area contributed by atoms with Gasteiger partial charge < -0.3 is 15.4 Å². The molecule has 3 rings (SSSR count). The van der Waals surface area contributed by atoms with E-state index in [1.165, 1.54) is 12.7 Å². The van der Waals surface area contributed by atoms with Crippen molar-refractivity contribution in [1.82, 2.24) is 20.7 Å². The van der Waals surface area contributed by atoms with Crippen molar-refractivity contribution in [3.63, 3.8) is 0 Å². The molecule has 28 heavy (non-hydrogen) atoms. The average Bonchev–Trinajstić information content (AvgIpc) is 2.91. The van der Waals surface area contributed by atoms with Crippen LogP contribution < -0.4 is 10.6 Å². The second-order valence-corrected chi connectivity index (χ2v) is 7.27. The summed E-state index contributed by atoms with van der Waals surface area (Å²) in [6.45, 7) is 1.23. The van der Waals surface area contributed by atoms with Gasteiger partial charge in [-0.2, -0.15) is 5.01 Å². The van der Waals surface area contributed by atoms with Gasteiger partial charge in [0.1, 0.15) is 12.2 Å². The number of hydrogen-bond donors (Lipinski definition) is 2. The van der Waals surface area contributed by atoms with Gasteiger partial charge in [-0.15, -0.1) is 0 Å². The number of esters is 1. The first-order valence-corrected chi connectivity index (χ1v) is 9.55. The molecular weight excluding hydrogens is 378 g/mol. The van der Waals surface area contributed by atoms with Crippen LogP contribution >= 0.6 is 12.2 Å². The molecule has 2 aliphatic rings. The van der Waals surface area contributed by atoms with Gasteiger partial charge in [0.2, 0.25) is 0 Å². The van der Waals surface area contributed by atoms with Gasteiger partial charge in [0.05, 0.1) is 25.1 Å². The number of fused-ring (bicyclic) bond motifs is 1. The Bertz CT molecular complexity index is 813. The molecule has 0 aliphatic carbocycles. The zero-order valence-electron chi connectivity index (χ0n) is 16.3. The van der Waals surface area contributed by atoms with E-state index in [0.717, 1.165) is 24.1 Å². The Labute approximate surface area is 169 Å². The van der Waals surface area contributed by atoms with E-state index in [2.05, 4.69) is 26.4 Å². The first-order chi connectivity index (χ1) is 13.5. The van der Waals surface area contributed by atoms with Crippen LogP contribution in [0, 0.1) is 0 Å². The number of thiocarbonyl (C=S) groups is 1. The minimum Gasteiger partial charge on any atom is -0.469 e. The number of likely N-dealkylation sites (N-methyl/N-ethyl adjacent to an activating group) is 2. The smallest absolute Gasteiger partial charge is 0.312 e. The van der Waals surface area contributed by atoms with Gasteiger partial charge in [0.15, 0.2) is 0 Å². The number of carbonyl (C=O) groups is 2. The second kappa shape index (κ2) is 8.76. The number of benzene rings is 1. The highest BCUT2D eigenvalue weighted by Gasteiger charge is 2.44. The van der Waals surface area contributed by atoms with Gasteiger partial charge in [-0.05, 0) is 24.6 Å². The summed E-state index contributed by atoms with van der Waals surface area (Å²) in [5.74, 6) is -0.480. The first kappa shape index (κ1) is 20.4. The van der Waals surface area contributed by atoms with E-state index in [0.29, 0.717) is 11.5 Å². The van der Waals surface area contributed by atoms with E-state index in [4.69, 9.17) is 12.2 Å². The zero-order chi connectivity index (χ0) is 20.3. The van der Waals surface area contributed by atoms with Crippen molar-refractivity contribution >= 4 is 35.3 Å². The average molecular weight is 404 g/mol. The lowest BCUT2D eigenvalue weighted by molar-refractivity contribution is -0.140. The molecule has 1 amide bonds. The summed E-state index contributed by atoms with van der Waals surface area (Å²) in [6.07, 6.45) is 2.38. The summed E-state index contributed by atoms with van der Waals surface area (Å²) < 4.78 is 4.65. The van der Waals surface area contributed by atoms with E-state index in [1.54, 1.807) is 12.1 Å². The summed E-state index contributed by atoms with van der Waals surface area (Å²) in [7, 11) is 4.88. The molecule has 2 N–H and O–H groups in total. The normalized spacial score (nSPS) is 21.5. The van der Waals surface area contributed by atoms with Gasteiger partial charge in [-0.25, -0.2) is 0 Å². The Morgan fingerprint density at radius 2 is 2.21 bits per heavy atom. The number of amides is 1. The maximum Gasteiger partial charge on any atom is 0.312 e. The van der Waals surface area contributed by atoms with Crippen LogP contribution in [0.25, 0.3) is 0 Å². The van der Waals surface area contributed by atoms with Gasteiger partial charge in [0, 0.05) is 25.4 Å². The van der Waals surface area contributed by atoms with Crippen molar-refractivity contribution in [2.24, 2.45) is 4.99 Å².